The van der Waals surface area contributed by atoms with Crippen molar-refractivity contribution >= 4 is 11.4 Å². The first kappa shape index (κ1) is 15.8. The Hall–Kier alpha value is -2.04. The average Bonchev–Trinajstić information content (AvgIpc) is 2.61. The summed E-state index contributed by atoms with van der Waals surface area (Å²) in [5.74, 6) is 0. The number of para-hydroxylation sites is 1. The number of nitrogens with zero attached hydrogens (tertiary/aromatic N) is 2. The minimum absolute atomic E-state index is 0.439. The van der Waals surface area contributed by atoms with E-state index in [1.165, 1.54) is 5.69 Å². The molecule has 1 saturated heterocycles. The highest BCUT2D eigenvalue weighted by molar-refractivity contribution is 5.46. The number of aliphatic hydroxyl groups is 1. The van der Waals surface area contributed by atoms with Gasteiger partial charge in [-0.2, -0.15) is 0 Å². The fourth-order valence-corrected chi connectivity index (χ4v) is 3.11. The van der Waals surface area contributed by atoms with Gasteiger partial charge >= 0.3 is 0 Å². The van der Waals surface area contributed by atoms with Crippen molar-refractivity contribution in [1.29, 1.82) is 0 Å². The normalized spacial score (nSPS) is 17.2. The number of hydrogen-bond donors (Lipinski definition) is 2. The standard InChI is InChI=1S/C19H25N3O/c20-17-6-4-5-16(15-17)19(23)9-10-21-11-13-22(14-12-21)18-7-2-1-3-8-18/h1-8,15,19,23H,9-14,20H2. The summed E-state index contributed by atoms with van der Waals surface area (Å²) in [5.41, 5.74) is 8.69. The van der Waals surface area contributed by atoms with Crippen molar-refractivity contribution in [2.75, 3.05) is 43.4 Å². The van der Waals surface area contributed by atoms with Crippen molar-refractivity contribution in [2.45, 2.75) is 12.5 Å². The van der Waals surface area contributed by atoms with Gasteiger partial charge in [0.15, 0.2) is 0 Å². The summed E-state index contributed by atoms with van der Waals surface area (Å²) in [6.07, 6.45) is 0.306. The van der Waals surface area contributed by atoms with Crippen molar-refractivity contribution in [2.24, 2.45) is 0 Å². The lowest BCUT2D eigenvalue weighted by Crippen LogP contribution is -2.46. The predicted molar refractivity (Wildman–Crippen MR) is 95.5 cm³/mol. The SMILES string of the molecule is Nc1cccc(C(O)CCN2CCN(c3ccccc3)CC2)c1. The molecule has 3 rings (SSSR count). The Morgan fingerprint density at radius 1 is 0.957 bits per heavy atom. The first-order valence-electron chi connectivity index (χ1n) is 8.28. The largest absolute Gasteiger partial charge is 0.399 e. The molecular weight excluding hydrogens is 286 g/mol. The molecule has 0 aliphatic carbocycles. The predicted octanol–water partition coefficient (Wildman–Crippen LogP) is 2.51. The van der Waals surface area contributed by atoms with Gasteiger partial charge in [-0.25, -0.2) is 0 Å². The highest BCUT2D eigenvalue weighted by Crippen LogP contribution is 2.20. The van der Waals surface area contributed by atoms with Crippen LogP contribution >= 0.6 is 0 Å². The van der Waals surface area contributed by atoms with Gasteiger partial charge in [-0.05, 0) is 36.2 Å². The van der Waals surface area contributed by atoms with Gasteiger partial charge in [0.25, 0.3) is 0 Å². The van der Waals surface area contributed by atoms with Gasteiger partial charge in [-0.3, -0.25) is 4.90 Å². The third kappa shape index (κ3) is 4.24. The van der Waals surface area contributed by atoms with Crippen LogP contribution < -0.4 is 10.6 Å². The minimum atomic E-state index is -0.439. The first-order valence-corrected chi connectivity index (χ1v) is 8.28. The highest BCUT2D eigenvalue weighted by Gasteiger charge is 2.18. The lowest BCUT2D eigenvalue weighted by atomic mass is 10.1. The smallest absolute Gasteiger partial charge is 0.0803 e. The topological polar surface area (TPSA) is 52.7 Å². The Morgan fingerprint density at radius 3 is 2.39 bits per heavy atom. The highest BCUT2D eigenvalue weighted by atomic mass is 16.3. The molecule has 1 unspecified atom stereocenters. The van der Waals surface area contributed by atoms with Crippen LogP contribution in [0.25, 0.3) is 0 Å². The van der Waals surface area contributed by atoms with Gasteiger partial charge in [-0.15, -0.1) is 0 Å². The van der Waals surface area contributed by atoms with Crippen LogP contribution in [0.15, 0.2) is 54.6 Å². The monoisotopic (exact) mass is 311 g/mol. The molecule has 23 heavy (non-hydrogen) atoms. The molecular formula is C19H25N3O. The minimum Gasteiger partial charge on any atom is -0.399 e. The first-order chi connectivity index (χ1) is 11.2. The van der Waals surface area contributed by atoms with E-state index in [0.29, 0.717) is 5.69 Å². The van der Waals surface area contributed by atoms with E-state index in [1.807, 2.05) is 24.3 Å². The second-order valence-electron chi connectivity index (χ2n) is 6.14. The van der Waals surface area contributed by atoms with E-state index in [0.717, 1.165) is 44.7 Å². The van der Waals surface area contributed by atoms with Crippen LogP contribution in [0, 0.1) is 0 Å². The fourth-order valence-electron chi connectivity index (χ4n) is 3.11. The number of hydrogen-bond acceptors (Lipinski definition) is 4. The van der Waals surface area contributed by atoms with E-state index in [2.05, 4.69) is 40.1 Å². The van der Waals surface area contributed by atoms with Crippen molar-refractivity contribution in [3.05, 3.63) is 60.2 Å². The van der Waals surface area contributed by atoms with Crippen LogP contribution in [0.5, 0.6) is 0 Å². The van der Waals surface area contributed by atoms with Crippen molar-refractivity contribution in [3.63, 3.8) is 0 Å². The van der Waals surface area contributed by atoms with Gasteiger partial charge in [-0.1, -0.05) is 30.3 Å². The number of rotatable bonds is 5. The average molecular weight is 311 g/mol. The Balaban J connectivity index is 1.46. The summed E-state index contributed by atoms with van der Waals surface area (Å²) < 4.78 is 0. The summed E-state index contributed by atoms with van der Waals surface area (Å²) >= 11 is 0. The molecule has 1 fully saturated rings. The number of aliphatic hydroxyl groups excluding tert-OH is 1. The van der Waals surface area contributed by atoms with Crippen molar-refractivity contribution in [3.8, 4) is 0 Å². The molecule has 2 aromatic rings. The molecule has 2 aromatic carbocycles. The molecule has 4 heteroatoms. The quantitative estimate of drug-likeness (QED) is 0.833. The molecule has 1 aliphatic rings. The Bertz CT molecular complexity index is 609. The summed E-state index contributed by atoms with van der Waals surface area (Å²) in [5, 5.41) is 10.3. The zero-order valence-electron chi connectivity index (χ0n) is 13.4. The van der Waals surface area contributed by atoms with E-state index in [1.54, 1.807) is 0 Å². The molecule has 1 atom stereocenters. The van der Waals surface area contributed by atoms with Crippen LogP contribution in [-0.4, -0.2) is 42.7 Å². The van der Waals surface area contributed by atoms with Crippen LogP contribution in [0.3, 0.4) is 0 Å². The van der Waals surface area contributed by atoms with Gasteiger partial charge in [0.05, 0.1) is 6.10 Å². The van der Waals surface area contributed by atoms with Gasteiger partial charge < -0.3 is 15.7 Å². The molecule has 3 N–H and O–H groups in total. The molecule has 122 valence electrons. The lowest BCUT2D eigenvalue weighted by Gasteiger charge is -2.36. The van der Waals surface area contributed by atoms with Crippen LogP contribution in [0.1, 0.15) is 18.1 Å². The summed E-state index contributed by atoms with van der Waals surface area (Å²) in [4.78, 5) is 4.85. The van der Waals surface area contributed by atoms with E-state index in [9.17, 15) is 5.11 Å². The number of piperazine rings is 1. The molecule has 0 spiro atoms. The number of benzene rings is 2. The summed E-state index contributed by atoms with van der Waals surface area (Å²) in [7, 11) is 0. The van der Waals surface area contributed by atoms with Crippen LogP contribution in [-0.2, 0) is 0 Å². The van der Waals surface area contributed by atoms with E-state index in [-0.39, 0.29) is 0 Å². The molecule has 4 nitrogen and oxygen atoms in total. The van der Waals surface area contributed by atoms with E-state index >= 15 is 0 Å². The third-order valence-electron chi connectivity index (χ3n) is 4.51. The maximum absolute atomic E-state index is 10.3. The van der Waals surface area contributed by atoms with Gasteiger partial charge in [0, 0.05) is 44.1 Å². The second kappa shape index (κ2) is 7.49. The third-order valence-corrected chi connectivity index (χ3v) is 4.51. The maximum Gasteiger partial charge on any atom is 0.0803 e. The fraction of sp³-hybridized carbons (Fsp3) is 0.368. The Morgan fingerprint density at radius 2 is 1.70 bits per heavy atom. The number of nitrogen functional groups attached to an aromatic ring is 1. The molecule has 0 aromatic heterocycles. The number of anilines is 2. The Labute approximate surface area is 138 Å². The maximum atomic E-state index is 10.3. The van der Waals surface area contributed by atoms with Gasteiger partial charge in [0.1, 0.15) is 0 Å². The second-order valence-corrected chi connectivity index (χ2v) is 6.14. The van der Waals surface area contributed by atoms with Crippen LogP contribution in [0.2, 0.25) is 0 Å². The van der Waals surface area contributed by atoms with Gasteiger partial charge in [0.2, 0.25) is 0 Å². The van der Waals surface area contributed by atoms with E-state index in [4.69, 9.17) is 5.73 Å². The van der Waals surface area contributed by atoms with E-state index < -0.39 is 6.10 Å². The molecule has 0 amide bonds. The summed E-state index contributed by atoms with van der Waals surface area (Å²) in [6, 6.07) is 18.1. The van der Waals surface area contributed by atoms with Crippen LogP contribution in [0.4, 0.5) is 11.4 Å². The zero-order valence-corrected chi connectivity index (χ0v) is 13.4. The zero-order chi connectivity index (χ0) is 16.1. The molecule has 1 heterocycles. The number of nitrogens with two attached hydrogens (primary N) is 1. The lowest BCUT2D eigenvalue weighted by molar-refractivity contribution is 0.139. The molecule has 0 bridgehead atoms. The Kier molecular flexibility index (Phi) is 5.16. The van der Waals surface area contributed by atoms with Crippen molar-refractivity contribution < 1.29 is 5.11 Å². The molecule has 0 radical (unpaired) electrons. The molecule has 1 aliphatic heterocycles. The van der Waals surface area contributed by atoms with Crippen molar-refractivity contribution in [1.82, 2.24) is 4.90 Å². The summed E-state index contributed by atoms with van der Waals surface area (Å²) in [6.45, 7) is 5.08. The molecule has 0 saturated carbocycles.